The number of hydrogen-bond donors (Lipinski definition) is 2. The highest BCUT2D eigenvalue weighted by Crippen LogP contribution is 2.38. The molecule has 0 aliphatic carbocycles. The fourth-order valence-corrected chi connectivity index (χ4v) is 4.80. The molecule has 0 fully saturated rings. The number of halogens is 3. The van der Waals surface area contributed by atoms with Crippen LogP contribution in [-0.4, -0.2) is 52.7 Å². The summed E-state index contributed by atoms with van der Waals surface area (Å²) < 4.78 is 53.0. The van der Waals surface area contributed by atoms with Crippen LogP contribution in [0, 0.1) is 0 Å². The molecule has 12 heteroatoms. The molecule has 0 saturated heterocycles. The van der Waals surface area contributed by atoms with Crippen molar-refractivity contribution in [3.63, 3.8) is 0 Å². The van der Waals surface area contributed by atoms with Crippen LogP contribution in [0.15, 0.2) is 48.8 Å². The highest BCUT2D eigenvalue weighted by atomic mass is 32.1. The lowest BCUT2D eigenvalue weighted by molar-refractivity contribution is -0.138. The molecule has 0 saturated carbocycles. The summed E-state index contributed by atoms with van der Waals surface area (Å²) in [6, 6.07) is 9.70. The number of thiophene rings is 1. The fourth-order valence-electron chi connectivity index (χ4n) is 3.87. The number of primary amides is 1. The number of carbonyl (C=O) groups is 1. The van der Waals surface area contributed by atoms with Crippen molar-refractivity contribution in [2.45, 2.75) is 25.6 Å². The maximum absolute atomic E-state index is 13.3. The Morgan fingerprint density at radius 1 is 1.13 bits per heavy atom. The first-order chi connectivity index (χ1) is 18.0. The van der Waals surface area contributed by atoms with Crippen LogP contribution in [0.2, 0.25) is 0 Å². The van der Waals surface area contributed by atoms with E-state index in [1.54, 1.807) is 10.6 Å². The third kappa shape index (κ3) is 6.20. The quantitative estimate of drug-likeness (QED) is 0.250. The van der Waals surface area contributed by atoms with Gasteiger partial charge < -0.3 is 25.2 Å². The normalized spacial score (nSPS) is 11.8. The highest BCUT2D eigenvalue weighted by Gasteiger charge is 2.33. The molecule has 1 amide bonds. The van der Waals surface area contributed by atoms with Gasteiger partial charge in [0.25, 0.3) is 5.91 Å². The van der Waals surface area contributed by atoms with Crippen molar-refractivity contribution >= 4 is 28.3 Å². The van der Waals surface area contributed by atoms with Gasteiger partial charge in [0.2, 0.25) is 0 Å². The SMILES string of the molecule is CN(C)CCCCOc1cc2ncn(-c3cc(OCc4ccccc4C(F)(F)F)c(C(N)=O)s3)c2cc1O. The molecule has 2 aromatic carbocycles. The Morgan fingerprint density at radius 3 is 2.61 bits per heavy atom. The van der Waals surface area contributed by atoms with Gasteiger partial charge in [-0.25, -0.2) is 4.98 Å². The molecule has 0 spiro atoms. The fraction of sp³-hybridized carbons (Fsp3) is 0.308. The number of aromatic hydroxyl groups is 1. The zero-order valence-electron chi connectivity index (χ0n) is 20.8. The van der Waals surface area contributed by atoms with E-state index < -0.39 is 24.3 Å². The van der Waals surface area contributed by atoms with Crippen LogP contribution in [0.25, 0.3) is 16.0 Å². The van der Waals surface area contributed by atoms with Gasteiger partial charge in [-0.2, -0.15) is 13.2 Å². The van der Waals surface area contributed by atoms with Crippen LogP contribution in [0.5, 0.6) is 17.2 Å². The zero-order valence-corrected chi connectivity index (χ0v) is 21.6. The Labute approximate surface area is 221 Å². The number of amides is 1. The van der Waals surface area contributed by atoms with Gasteiger partial charge in [-0.05, 0) is 39.5 Å². The van der Waals surface area contributed by atoms with E-state index in [1.807, 2.05) is 14.1 Å². The van der Waals surface area contributed by atoms with Crippen molar-refractivity contribution in [1.29, 1.82) is 0 Å². The number of ether oxygens (including phenoxy) is 2. The number of imidazole rings is 1. The molecule has 0 radical (unpaired) electrons. The molecule has 38 heavy (non-hydrogen) atoms. The average Bonchev–Trinajstić information content (AvgIpc) is 3.46. The summed E-state index contributed by atoms with van der Waals surface area (Å²) in [7, 11) is 4.00. The average molecular weight is 549 g/mol. The molecular weight excluding hydrogens is 521 g/mol. The minimum Gasteiger partial charge on any atom is -0.504 e. The van der Waals surface area contributed by atoms with Gasteiger partial charge >= 0.3 is 6.18 Å². The van der Waals surface area contributed by atoms with Crippen LogP contribution in [-0.2, 0) is 12.8 Å². The number of phenolic OH excluding ortho intramolecular Hbond substituents is 1. The minimum absolute atomic E-state index is 0.0493. The van der Waals surface area contributed by atoms with Gasteiger partial charge in [-0.1, -0.05) is 18.2 Å². The molecule has 0 aliphatic rings. The summed E-state index contributed by atoms with van der Waals surface area (Å²) in [6.07, 6.45) is -1.26. The van der Waals surface area contributed by atoms with Gasteiger partial charge in [-0.3, -0.25) is 9.36 Å². The highest BCUT2D eigenvalue weighted by molar-refractivity contribution is 7.16. The van der Waals surface area contributed by atoms with E-state index in [0.29, 0.717) is 28.4 Å². The molecule has 4 aromatic rings. The lowest BCUT2D eigenvalue weighted by Crippen LogP contribution is -2.13. The molecule has 0 unspecified atom stereocenters. The van der Waals surface area contributed by atoms with Crippen molar-refractivity contribution in [3.8, 4) is 22.2 Å². The number of phenols is 1. The topological polar surface area (TPSA) is 103 Å². The number of nitrogens with zero attached hydrogens (tertiary/aromatic N) is 3. The van der Waals surface area contributed by atoms with Crippen LogP contribution in [0.3, 0.4) is 0 Å². The second-order valence-corrected chi connectivity index (χ2v) is 9.90. The van der Waals surface area contributed by atoms with Crippen LogP contribution in [0.4, 0.5) is 13.2 Å². The third-order valence-corrected chi connectivity index (χ3v) is 6.87. The lowest BCUT2D eigenvalue weighted by Gasteiger charge is -2.13. The molecule has 2 heterocycles. The van der Waals surface area contributed by atoms with Crippen LogP contribution < -0.4 is 15.2 Å². The van der Waals surface area contributed by atoms with E-state index in [2.05, 4.69) is 9.88 Å². The number of carbonyl (C=O) groups excluding carboxylic acids is 1. The molecular formula is C26H27F3N4O4S. The summed E-state index contributed by atoms with van der Waals surface area (Å²) in [4.78, 5) is 18.6. The largest absolute Gasteiger partial charge is 0.504 e. The number of unbranched alkanes of at least 4 members (excludes halogenated alkanes) is 1. The van der Waals surface area contributed by atoms with E-state index >= 15 is 0 Å². The van der Waals surface area contributed by atoms with Gasteiger partial charge in [-0.15, -0.1) is 11.3 Å². The number of benzene rings is 2. The summed E-state index contributed by atoms with van der Waals surface area (Å²) in [6.45, 7) is 0.971. The third-order valence-electron chi connectivity index (χ3n) is 5.74. The van der Waals surface area contributed by atoms with Crippen molar-refractivity contribution in [2.75, 3.05) is 27.2 Å². The predicted octanol–water partition coefficient (Wildman–Crippen LogP) is 5.21. The number of alkyl halides is 3. The van der Waals surface area contributed by atoms with E-state index in [1.165, 1.54) is 36.7 Å². The van der Waals surface area contributed by atoms with Gasteiger partial charge in [0, 0.05) is 23.8 Å². The van der Waals surface area contributed by atoms with E-state index in [9.17, 15) is 23.1 Å². The summed E-state index contributed by atoms with van der Waals surface area (Å²) >= 11 is 1.00. The Morgan fingerprint density at radius 2 is 1.89 bits per heavy atom. The van der Waals surface area contributed by atoms with E-state index in [4.69, 9.17) is 15.2 Å². The Balaban J connectivity index is 1.56. The smallest absolute Gasteiger partial charge is 0.416 e. The van der Waals surface area contributed by atoms with E-state index in [-0.39, 0.29) is 21.9 Å². The standard InChI is InChI=1S/C26H27F3N4O4S/c1-32(2)9-5-6-10-36-21-11-18-19(12-20(21)34)33(15-31-18)23-13-22(24(38-23)25(30)35)37-14-16-7-3-4-8-17(16)26(27,28)29/h3-4,7-8,11-13,15,34H,5-6,9-10,14H2,1-2H3,(H2,30,35). The summed E-state index contributed by atoms with van der Waals surface area (Å²) in [5, 5.41) is 11.0. The minimum atomic E-state index is -4.54. The van der Waals surface area contributed by atoms with Gasteiger partial charge in [0.15, 0.2) is 11.5 Å². The maximum atomic E-state index is 13.3. The van der Waals surface area contributed by atoms with Crippen molar-refractivity contribution in [3.05, 3.63) is 64.8 Å². The Hall–Kier alpha value is -3.77. The Kier molecular flexibility index (Phi) is 8.12. The molecule has 2 aromatic heterocycles. The Bertz CT molecular complexity index is 1430. The number of rotatable bonds is 11. The molecule has 0 aliphatic heterocycles. The maximum Gasteiger partial charge on any atom is 0.416 e. The summed E-state index contributed by atoms with van der Waals surface area (Å²) in [5.74, 6) is -0.487. The van der Waals surface area contributed by atoms with Crippen molar-refractivity contribution < 1.29 is 32.5 Å². The second-order valence-electron chi connectivity index (χ2n) is 8.87. The van der Waals surface area contributed by atoms with Crippen LogP contribution in [0.1, 0.15) is 33.6 Å². The number of fused-ring (bicyclic) bond motifs is 1. The molecule has 0 atom stereocenters. The molecule has 8 nitrogen and oxygen atoms in total. The first-order valence-electron chi connectivity index (χ1n) is 11.7. The predicted molar refractivity (Wildman–Crippen MR) is 138 cm³/mol. The number of hydrogen-bond acceptors (Lipinski definition) is 7. The lowest BCUT2D eigenvalue weighted by atomic mass is 10.1. The molecule has 3 N–H and O–H groups in total. The van der Waals surface area contributed by atoms with E-state index in [0.717, 1.165) is 36.8 Å². The summed E-state index contributed by atoms with van der Waals surface area (Å²) in [5.41, 5.74) is 5.71. The first kappa shape index (κ1) is 27.3. The zero-order chi connectivity index (χ0) is 27.4. The number of aromatic nitrogens is 2. The first-order valence-corrected chi connectivity index (χ1v) is 12.6. The second kappa shape index (κ2) is 11.3. The molecule has 0 bridgehead atoms. The molecule has 4 rings (SSSR count). The van der Waals surface area contributed by atoms with Crippen molar-refractivity contribution in [2.24, 2.45) is 5.73 Å². The van der Waals surface area contributed by atoms with Gasteiger partial charge in [0.05, 0.1) is 23.2 Å². The van der Waals surface area contributed by atoms with Gasteiger partial charge in [0.1, 0.15) is 28.6 Å². The van der Waals surface area contributed by atoms with Crippen LogP contribution >= 0.6 is 11.3 Å². The molecule has 202 valence electrons. The van der Waals surface area contributed by atoms with Crippen molar-refractivity contribution in [1.82, 2.24) is 14.5 Å². The number of nitrogens with two attached hydrogens (primary N) is 1. The monoisotopic (exact) mass is 548 g/mol.